The van der Waals surface area contributed by atoms with Gasteiger partial charge in [0, 0.05) is 6.54 Å². The molecule has 2 nitrogen and oxygen atoms in total. The number of hydrogen-bond donors (Lipinski definition) is 2. The summed E-state index contributed by atoms with van der Waals surface area (Å²) in [5.41, 5.74) is 6.28. The molecular formula is C6H9ClN2. The molecule has 0 saturated heterocycles. The van der Waals surface area contributed by atoms with Gasteiger partial charge in [-0.05, 0) is 17.8 Å². The topological polar surface area (TPSA) is 38.0 Å². The van der Waals surface area contributed by atoms with Gasteiger partial charge in [0.15, 0.2) is 0 Å². The maximum Gasteiger partial charge on any atom is 0.124 e. The van der Waals surface area contributed by atoms with Crippen molar-refractivity contribution >= 4 is 11.6 Å². The van der Waals surface area contributed by atoms with Gasteiger partial charge in [0.05, 0.1) is 0 Å². The van der Waals surface area contributed by atoms with Gasteiger partial charge in [-0.15, -0.1) is 0 Å². The van der Waals surface area contributed by atoms with Crippen LogP contribution in [0.4, 0.5) is 0 Å². The first-order valence-electron chi connectivity index (χ1n) is 2.80. The molecule has 9 heavy (non-hydrogen) atoms. The molecule has 1 atom stereocenters. The van der Waals surface area contributed by atoms with E-state index in [1.165, 1.54) is 0 Å². The largest absolute Gasteiger partial charge is 0.372 e. The predicted molar refractivity (Wildman–Crippen MR) is 39.1 cm³/mol. The Labute approximate surface area is 59.4 Å². The molecule has 0 aromatic rings. The Balaban J connectivity index is 2.63. The summed E-state index contributed by atoms with van der Waals surface area (Å²) in [4.78, 5) is 0. The number of nitrogens with two attached hydrogens (primary N) is 1. The third-order valence-electron chi connectivity index (χ3n) is 1.21. The van der Waals surface area contributed by atoms with Crippen LogP contribution in [0.1, 0.15) is 0 Å². The smallest absolute Gasteiger partial charge is 0.124 e. The Hall–Kier alpha value is -0.470. The van der Waals surface area contributed by atoms with Crippen LogP contribution in [0.15, 0.2) is 23.9 Å². The van der Waals surface area contributed by atoms with Gasteiger partial charge in [-0.1, -0.05) is 17.7 Å². The van der Waals surface area contributed by atoms with Gasteiger partial charge < -0.3 is 11.1 Å². The normalized spacial score (nSPS) is 25.1. The fourth-order valence-electron chi connectivity index (χ4n) is 0.675. The van der Waals surface area contributed by atoms with Crippen LogP contribution in [-0.2, 0) is 0 Å². The number of nitrogens with one attached hydrogen (secondary N) is 1. The van der Waals surface area contributed by atoms with E-state index in [1.54, 1.807) is 6.20 Å². The zero-order chi connectivity index (χ0) is 6.69. The van der Waals surface area contributed by atoms with E-state index in [1.807, 2.05) is 12.2 Å². The summed E-state index contributed by atoms with van der Waals surface area (Å²) in [6.45, 7) is 0.519. The Morgan fingerprint density at radius 2 is 2.56 bits per heavy atom. The van der Waals surface area contributed by atoms with Gasteiger partial charge in [0.2, 0.25) is 0 Å². The van der Waals surface area contributed by atoms with Crippen LogP contribution in [0.2, 0.25) is 0 Å². The number of hydrogen-bond acceptors (Lipinski definition) is 2. The molecule has 0 aromatic carbocycles. The summed E-state index contributed by atoms with van der Waals surface area (Å²) in [6.07, 6.45) is 5.62. The summed E-state index contributed by atoms with van der Waals surface area (Å²) >= 11 is 5.77. The number of halogens is 1. The second-order valence-corrected chi connectivity index (χ2v) is 2.27. The molecule has 3 N–H and O–H groups in total. The average Bonchev–Trinajstić information content (AvgIpc) is 1.89. The second-order valence-electron chi connectivity index (χ2n) is 1.83. The summed E-state index contributed by atoms with van der Waals surface area (Å²) < 4.78 is 0. The van der Waals surface area contributed by atoms with Crippen molar-refractivity contribution < 1.29 is 0 Å². The number of allylic oxidation sites excluding steroid dienone is 2. The van der Waals surface area contributed by atoms with Crippen molar-refractivity contribution in [2.24, 2.45) is 5.73 Å². The number of alkyl halides is 1. The maximum atomic E-state index is 5.77. The van der Waals surface area contributed by atoms with Gasteiger partial charge >= 0.3 is 0 Å². The Morgan fingerprint density at radius 1 is 1.78 bits per heavy atom. The molecule has 0 radical (unpaired) electrons. The molecule has 50 valence electrons. The predicted octanol–water partition coefficient (Wildman–Crippen LogP) is 0.553. The van der Waals surface area contributed by atoms with E-state index in [2.05, 4.69) is 5.32 Å². The first kappa shape index (κ1) is 6.65. The highest BCUT2D eigenvalue weighted by molar-refractivity contribution is 6.22. The molecule has 1 unspecified atom stereocenters. The van der Waals surface area contributed by atoms with Crippen LogP contribution in [0.3, 0.4) is 0 Å². The van der Waals surface area contributed by atoms with Gasteiger partial charge in [-0.2, -0.15) is 0 Å². The van der Waals surface area contributed by atoms with Crippen molar-refractivity contribution in [1.82, 2.24) is 5.32 Å². The van der Waals surface area contributed by atoms with Crippen LogP contribution in [0, 0.1) is 0 Å². The van der Waals surface area contributed by atoms with E-state index < -0.39 is 0 Å². The van der Waals surface area contributed by atoms with E-state index in [9.17, 15) is 0 Å². The van der Waals surface area contributed by atoms with Crippen molar-refractivity contribution in [1.29, 1.82) is 0 Å². The zero-order valence-corrected chi connectivity index (χ0v) is 5.73. The first-order chi connectivity index (χ1) is 4.34. The van der Waals surface area contributed by atoms with E-state index in [0.29, 0.717) is 6.54 Å². The molecule has 1 rings (SSSR count). The van der Waals surface area contributed by atoms with Crippen LogP contribution in [-0.4, -0.2) is 12.0 Å². The van der Waals surface area contributed by atoms with Crippen molar-refractivity contribution in [3.8, 4) is 0 Å². The molecule has 0 spiro atoms. The summed E-state index contributed by atoms with van der Waals surface area (Å²) in [7, 11) is 0. The molecule has 1 aliphatic heterocycles. The van der Waals surface area contributed by atoms with Gasteiger partial charge in [-0.3, -0.25) is 0 Å². The molecule has 0 bridgehead atoms. The van der Waals surface area contributed by atoms with Crippen molar-refractivity contribution in [3.05, 3.63) is 23.9 Å². The molecule has 0 saturated carbocycles. The highest BCUT2D eigenvalue weighted by atomic mass is 35.5. The number of dihydropyridines is 1. The monoisotopic (exact) mass is 144 g/mol. The maximum absolute atomic E-state index is 5.77. The molecule has 0 fully saturated rings. The van der Waals surface area contributed by atoms with Gasteiger partial charge in [0.25, 0.3) is 0 Å². The Bertz CT molecular complexity index is 151. The van der Waals surface area contributed by atoms with Gasteiger partial charge in [0.1, 0.15) is 5.50 Å². The first-order valence-corrected chi connectivity index (χ1v) is 3.24. The molecule has 3 heteroatoms. The SMILES string of the molecule is NCC1=CC=CNC1Cl. The quantitative estimate of drug-likeness (QED) is 0.417. The molecule has 0 aliphatic carbocycles. The molecule has 0 aromatic heterocycles. The van der Waals surface area contributed by atoms with E-state index in [0.717, 1.165) is 5.57 Å². The van der Waals surface area contributed by atoms with Crippen molar-refractivity contribution in [2.75, 3.05) is 6.54 Å². The lowest BCUT2D eigenvalue weighted by Gasteiger charge is -2.14. The van der Waals surface area contributed by atoms with Gasteiger partial charge in [-0.25, -0.2) is 0 Å². The third-order valence-corrected chi connectivity index (χ3v) is 1.62. The fourth-order valence-corrected chi connectivity index (χ4v) is 0.909. The third kappa shape index (κ3) is 1.47. The Kier molecular flexibility index (Phi) is 2.14. The molecule has 1 heterocycles. The lowest BCUT2D eigenvalue weighted by Crippen LogP contribution is -2.26. The molecule has 1 aliphatic rings. The fraction of sp³-hybridized carbons (Fsp3) is 0.333. The standard InChI is InChI=1S/C6H9ClN2/c7-6-5(4-8)2-1-3-9-6/h1-3,6,9H,4,8H2. The van der Waals surface area contributed by atoms with E-state index in [4.69, 9.17) is 17.3 Å². The Morgan fingerprint density at radius 3 is 3.00 bits per heavy atom. The summed E-state index contributed by atoms with van der Waals surface area (Å²) in [6, 6.07) is 0. The van der Waals surface area contributed by atoms with Crippen LogP contribution < -0.4 is 11.1 Å². The highest BCUT2D eigenvalue weighted by Gasteiger charge is 2.07. The minimum atomic E-state index is -0.111. The van der Waals surface area contributed by atoms with Crippen LogP contribution >= 0.6 is 11.6 Å². The minimum absolute atomic E-state index is 0.111. The highest BCUT2D eigenvalue weighted by Crippen LogP contribution is 2.08. The lowest BCUT2D eigenvalue weighted by atomic mass is 10.2. The number of rotatable bonds is 1. The average molecular weight is 145 g/mol. The molecule has 0 amide bonds. The summed E-state index contributed by atoms with van der Waals surface area (Å²) in [5, 5.41) is 2.92. The van der Waals surface area contributed by atoms with E-state index >= 15 is 0 Å². The van der Waals surface area contributed by atoms with Crippen molar-refractivity contribution in [3.63, 3.8) is 0 Å². The summed E-state index contributed by atoms with van der Waals surface area (Å²) in [5.74, 6) is 0. The van der Waals surface area contributed by atoms with Crippen LogP contribution in [0.5, 0.6) is 0 Å². The lowest BCUT2D eigenvalue weighted by molar-refractivity contribution is 0.826. The second kappa shape index (κ2) is 2.90. The van der Waals surface area contributed by atoms with Crippen LogP contribution in [0.25, 0.3) is 0 Å². The zero-order valence-electron chi connectivity index (χ0n) is 4.97. The van der Waals surface area contributed by atoms with E-state index in [-0.39, 0.29) is 5.50 Å². The van der Waals surface area contributed by atoms with Crippen molar-refractivity contribution in [2.45, 2.75) is 5.50 Å². The minimum Gasteiger partial charge on any atom is -0.372 e. The molecular weight excluding hydrogens is 136 g/mol.